The normalized spacial score (nSPS) is 13.6. The van der Waals surface area contributed by atoms with Gasteiger partial charge in [0.15, 0.2) is 14.3 Å². The van der Waals surface area contributed by atoms with E-state index < -0.39 is 14.3 Å². The molecule has 2 aliphatic rings. The number of nitrogens with zero attached hydrogens (tertiary/aromatic N) is 2. The van der Waals surface area contributed by atoms with Gasteiger partial charge in [-0.3, -0.25) is 0 Å². The Bertz CT molecular complexity index is 8530. The van der Waals surface area contributed by atoms with Gasteiger partial charge >= 0.3 is 0 Å². The first kappa shape index (κ1) is 70.6. The second kappa shape index (κ2) is 26.1. The van der Waals surface area contributed by atoms with E-state index in [1.54, 1.807) is 0 Å². The number of rotatable bonds is 8. The molecule has 4 heterocycles. The van der Waals surface area contributed by atoms with Crippen LogP contribution in [0.3, 0.4) is 0 Å². The summed E-state index contributed by atoms with van der Waals surface area (Å²) in [5.41, 5.74) is 19.7. The van der Waals surface area contributed by atoms with Crippen molar-refractivity contribution >= 4 is 198 Å². The zero-order valence-corrected chi connectivity index (χ0v) is 69.2. The Labute approximate surface area is 703 Å². The van der Waals surface area contributed by atoms with Gasteiger partial charge in [-0.25, -0.2) is 0 Å². The molecule has 0 saturated carbocycles. The Morgan fingerprint density at radius 3 is 0.885 bits per heavy atom. The Hall–Kier alpha value is -14.4. The summed E-state index contributed by atoms with van der Waals surface area (Å²) < 4.78 is 51.6. The van der Waals surface area contributed by atoms with Crippen LogP contribution in [0.2, 0.25) is 0 Å². The summed E-state index contributed by atoms with van der Waals surface area (Å²) in [6.07, 6.45) is 0. The van der Waals surface area contributed by atoms with Crippen LogP contribution in [0.1, 0.15) is 49.9 Å². The van der Waals surface area contributed by atoms with E-state index in [1.165, 1.54) is 60.7 Å². The molecule has 0 amide bonds. The van der Waals surface area contributed by atoms with Crippen molar-refractivity contribution in [2.24, 2.45) is 0 Å². The quantitative estimate of drug-likeness (QED) is 0.112. The minimum atomic E-state index is -3.61. The lowest BCUT2D eigenvalue weighted by atomic mass is 9.82. The molecule has 2 aliphatic carbocycles. The molecule has 576 valence electrons. The molecule has 8 heteroatoms. The van der Waals surface area contributed by atoms with Gasteiger partial charge in [0.1, 0.15) is 22.3 Å². The van der Waals surface area contributed by atoms with Crippen molar-refractivity contribution in [1.29, 1.82) is 0 Å². The number of furan rings is 2. The highest BCUT2D eigenvalue weighted by molar-refractivity contribution is 7.85. The van der Waals surface area contributed by atoms with Gasteiger partial charge in [0.05, 0.1) is 22.1 Å². The maximum absolute atomic E-state index is 17.2. The second-order valence-electron chi connectivity index (χ2n) is 34.3. The van der Waals surface area contributed by atoms with Gasteiger partial charge in [-0.1, -0.05) is 282 Å². The van der Waals surface area contributed by atoms with Gasteiger partial charge in [-0.05, 0) is 243 Å². The molecule has 0 saturated heterocycles. The Balaban J connectivity index is 0.000000136. The highest BCUT2D eigenvalue weighted by Crippen LogP contribution is 2.56. The largest absolute Gasteiger partial charge is 0.456 e. The predicted molar refractivity (Wildman–Crippen MR) is 515 cm³/mol. The first-order chi connectivity index (χ1) is 59.7. The first-order valence-corrected chi connectivity index (χ1v) is 45.5. The fourth-order valence-electron chi connectivity index (χ4n) is 21.4. The minimum Gasteiger partial charge on any atom is -0.456 e. The molecule has 0 unspecified atom stereocenters. The number of fused-ring (bicyclic) bond motifs is 30. The monoisotopic (exact) mass is 1600 g/mol. The maximum Gasteiger partial charge on any atom is 0.171 e. The predicted octanol–water partition coefficient (Wildman–Crippen LogP) is 28.2. The number of aromatic nitrogens is 2. The number of benzene rings is 20. The van der Waals surface area contributed by atoms with Crippen LogP contribution in [0.15, 0.2) is 397 Å². The molecule has 4 aromatic heterocycles. The fraction of sp³-hybridized carbons (Fsp3) is 0.0526. The smallest absolute Gasteiger partial charge is 0.171 e. The molecule has 20 aromatic carbocycles. The summed E-state index contributed by atoms with van der Waals surface area (Å²) in [6, 6.07) is 138. The van der Waals surface area contributed by atoms with Crippen LogP contribution < -0.4 is 31.8 Å². The lowest BCUT2D eigenvalue weighted by Gasteiger charge is -2.25. The van der Waals surface area contributed by atoms with Crippen molar-refractivity contribution < 1.29 is 18.0 Å². The van der Waals surface area contributed by atoms with Crippen molar-refractivity contribution in [3.8, 4) is 33.6 Å². The van der Waals surface area contributed by atoms with Crippen LogP contribution in [0.5, 0.6) is 0 Å². The molecular weight excluding hydrogens is 1520 g/mol. The van der Waals surface area contributed by atoms with Crippen molar-refractivity contribution in [3.63, 3.8) is 0 Å². The fourth-order valence-corrected chi connectivity index (χ4v) is 26.8. The summed E-state index contributed by atoms with van der Waals surface area (Å²) in [6.45, 7) is 9.20. The molecule has 6 nitrogen and oxygen atoms in total. The van der Waals surface area contributed by atoms with Gasteiger partial charge in [-0.15, -0.1) is 0 Å². The van der Waals surface area contributed by atoms with Crippen LogP contribution in [-0.4, -0.2) is 9.13 Å². The minimum absolute atomic E-state index is 0.147. The molecule has 0 spiro atoms. The highest BCUT2D eigenvalue weighted by atomic mass is 31.2. The number of para-hydroxylation sites is 6. The van der Waals surface area contributed by atoms with Crippen molar-refractivity contribution in [2.75, 3.05) is 0 Å². The van der Waals surface area contributed by atoms with E-state index >= 15 is 9.13 Å². The Morgan fingerprint density at radius 1 is 0.197 bits per heavy atom. The van der Waals surface area contributed by atoms with Crippen molar-refractivity contribution in [2.45, 2.75) is 38.5 Å². The molecule has 0 atom stereocenters. The Kier molecular flexibility index (Phi) is 15.1. The average molecular weight is 1600 g/mol. The van der Waals surface area contributed by atoms with Crippen molar-refractivity contribution in [3.05, 3.63) is 411 Å². The molecule has 0 aliphatic heterocycles. The van der Waals surface area contributed by atoms with Gasteiger partial charge in [0.2, 0.25) is 0 Å². The van der Waals surface area contributed by atoms with Gasteiger partial charge in [-0.2, -0.15) is 0 Å². The van der Waals surface area contributed by atoms with Crippen LogP contribution in [0, 0.1) is 0 Å². The standard InChI is InChI=1S/C60H37N2O2P.C54H39O2P/c63-65(41-28-31-57-52(34-41)46-21-9-12-24-55(46)61(57)38-15-3-1-4-16-38,42-29-32-58-53(35-42)47-22-10-13-25-56(47)62(58)39-17-5-2-6-18-39)40-27-30-45-49(33-40)43-19-7-8-20-44(43)50-36-54-48-23-11-14-26-59(48)64-60(54)37-51(45)50;1-53(2)47-18-10-7-15-38(47)44-28-33(22-25-49(44)53)57(55,34-23-26-50-45(29-34)39-16-8-11-19-48(39)54(50,3)4)32-21-24-37-41(27-32)35-13-5-6-14-36(35)42-30-46-40-17-9-12-20-51(40)56-52(46)31-43(37)42/h1-37H;5-31H,1-4H3. The second-order valence-corrected chi connectivity index (χ2v) is 39.9. The third kappa shape index (κ3) is 10.0. The molecule has 122 heavy (non-hydrogen) atoms. The molecule has 26 rings (SSSR count). The summed E-state index contributed by atoms with van der Waals surface area (Å²) >= 11 is 0. The molecule has 0 N–H and O–H groups in total. The zero-order chi connectivity index (χ0) is 81.2. The molecule has 0 fully saturated rings. The zero-order valence-electron chi connectivity index (χ0n) is 67.4. The van der Waals surface area contributed by atoms with E-state index in [-0.39, 0.29) is 10.8 Å². The molecule has 0 bridgehead atoms. The van der Waals surface area contributed by atoms with E-state index in [2.05, 4.69) is 401 Å². The first-order valence-electron chi connectivity index (χ1n) is 42.0. The Morgan fingerprint density at radius 2 is 0.475 bits per heavy atom. The summed E-state index contributed by atoms with van der Waals surface area (Å²) in [5, 5.41) is 27.3. The molecular formula is C114H76N2O4P2. The van der Waals surface area contributed by atoms with Crippen LogP contribution in [-0.2, 0) is 20.0 Å². The van der Waals surface area contributed by atoms with Crippen molar-refractivity contribution in [1.82, 2.24) is 9.13 Å². The summed E-state index contributed by atoms with van der Waals surface area (Å²) in [7, 11) is -7.07. The third-order valence-corrected chi connectivity index (χ3v) is 33.3. The van der Waals surface area contributed by atoms with Gasteiger partial charge in [0.25, 0.3) is 0 Å². The summed E-state index contributed by atoms with van der Waals surface area (Å²) in [5.74, 6) is 0. The van der Waals surface area contributed by atoms with E-state index in [0.29, 0.717) is 0 Å². The highest BCUT2D eigenvalue weighted by Gasteiger charge is 2.42. The van der Waals surface area contributed by atoms with E-state index in [4.69, 9.17) is 8.83 Å². The van der Waals surface area contributed by atoms with E-state index in [9.17, 15) is 0 Å². The number of hydrogen-bond acceptors (Lipinski definition) is 4. The van der Waals surface area contributed by atoms with E-state index in [1.807, 2.05) is 24.3 Å². The summed E-state index contributed by atoms with van der Waals surface area (Å²) in [4.78, 5) is 0. The topological polar surface area (TPSA) is 70.3 Å². The molecule has 0 radical (unpaired) electrons. The molecule has 24 aromatic rings. The maximum atomic E-state index is 17.2. The lowest BCUT2D eigenvalue weighted by molar-refractivity contribution is 0.591. The van der Waals surface area contributed by atoms with Gasteiger partial charge < -0.3 is 27.1 Å². The van der Waals surface area contributed by atoms with Crippen LogP contribution in [0.4, 0.5) is 0 Å². The number of hydrogen-bond donors (Lipinski definition) is 0. The van der Waals surface area contributed by atoms with E-state index in [0.717, 1.165) is 179 Å². The third-order valence-electron chi connectivity index (χ3n) is 27.3. The van der Waals surface area contributed by atoms with Crippen LogP contribution in [0.25, 0.3) is 186 Å². The lowest BCUT2D eigenvalue weighted by Crippen LogP contribution is -2.26. The average Bonchev–Trinajstić information content (AvgIpc) is 1.41. The van der Waals surface area contributed by atoms with Gasteiger partial charge in [0, 0.05) is 97.1 Å². The SMILES string of the molecule is CC1(C)c2ccccc2-c2cc(P(=O)(c3ccc4c(c3)-c3ccccc3C4(C)C)c3ccc4c(c3)c3ccccc3c3cc5c(cc43)oc3ccccc35)ccc21.O=P(c1ccc2c(c1)c1ccccc1c1cc3c(cc21)oc1ccccc13)(c1ccc2c(c1)c1ccccc1n2-c1ccccc1)c1ccc2c(c1)c1ccccc1n2-c1ccccc1. The van der Waals surface area contributed by atoms with Crippen LogP contribution >= 0.6 is 14.3 Å².